The quantitative estimate of drug-likeness (QED) is 0.166. The van der Waals surface area contributed by atoms with Crippen LogP contribution in [0.4, 0.5) is 0 Å². The van der Waals surface area contributed by atoms with Gasteiger partial charge in [0.05, 0.1) is 0 Å². The zero-order chi connectivity index (χ0) is 44.9. The summed E-state index contributed by atoms with van der Waals surface area (Å²) in [5, 5.41) is 5.14. The van der Waals surface area contributed by atoms with Gasteiger partial charge >= 0.3 is 0 Å². The minimum atomic E-state index is -0.147. The van der Waals surface area contributed by atoms with Crippen molar-refractivity contribution in [3.8, 4) is 77.9 Å². The molecule has 0 aromatic heterocycles. The van der Waals surface area contributed by atoms with Crippen molar-refractivity contribution in [2.75, 3.05) is 0 Å². The molecule has 0 radical (unpaired) electrons. The number of rotatable bonds is 4. The minimum Gasteiger partial charge on any atom is -0.0616 e. The normalized spacial score (nSPS) is 15.3. The van der Waals surface area contributed by atoms with Crippen LogP contribution in [0.25, 0.3) is 99.4 Å². The zero-order valence-electron chi connectivity index (χ0n) is 38.9. The third-order valence-corrected chi connectivity index (χ3v) is 16.1. The molecule has 0 nitrogen and oxygen atoms in total. The smallest absolute Gasteiger partial charge is 0.0159 e. The van der Waals surface area contributed by atoms with Gasteiger partial charge in [-0.2, -0.15) is 0 Å². The van der Waals surface area contributed by atoms with Crippen LogP contribution < -0.4 is 0 Å². The summed E-state index contributed by atoms with van der Waals surface area (Å²) in [5.41, 5.74) is 27.6. The van der Waals surface area contributed by atoms with Gasteiger partial charge in [-0.25, -0.2) is 0 Å². The van der Waals surface area contributed by atoms with Gasteiger partial charge in [-0.05, 0) is 188 Å². The fourth-order valence-electron chi connectivity index (χ4n) is 12.2. The van der Waals surface area contributed by atoms with Gasteiger partial charge in [0.15, 0.2) is 0 Å². The average Bonchev–Trinajstić information content (AvgIpc) is 3.81. The molecule has 3 aliphatic rings. The van der Waals surface area contributed by atoms with Gasteiger partial charge in [-0.1, -0.05) is 187 Å². The van der Waals surface area contributed by atoms with E-state index in [1.807, 2.05) is 0 Å². The molecule has 0 amide bonds. The van der Waals surface area contributed by atoms with Crippen LogP contribution in [0.5, 0.6) is 0 Å². The van der Waals surface area contributed by atoms with Crippen molar-refractivity contribution in [3.63, 3.8) is 0 Å². The summed E-state index contributed by atoms with van der Waals surface area (Å²) in [6.45, 7) is 16.6. The van der Waals surface area contributed by atoms with E-state index in [4.69, 9.17) is 0 Å². The molecule has 0 heterocycles. The largest absolute Gasteiger partial charge is 0.0616 e. The van der Waals surface area contributed by atoms with Crippen LogP contribution >= 0.6 is 0 Å². The van der Waals surface area contributed by atoms with E-state index in [0.717, 1.165) is 0 Å². The maximum Gasteiger partial charge on any atom is 0.0159 e. The van der Waals surface area contributed by atoms with Crippen molar-refractivity contribution in [1.29, 1.82) is 0 Å². The van der Waals surface area contributed by atoms with Gasteiger partial charge in [0.2, 0.25) is 0 Å². The maximum absolute atomic E-state index is 2.48. The Kier molecular flexibility index (Phi) is 8.08. The summed E-state index contributed by atoms with van der Waals surface area (Å²) < 4.78 is 0. The third kappa shape index (κ3) is 5.64. The van der Waals surface area contributed by atoms with E-state index >= 15 is 0 Å². The highest BCUT2D eigenvalue weighted by Crippen LogP contribution is 2.55. The van der Waals surface area contributed by atoms with Crippen molar-refractivity contribution in [3.05, 3.63) is 227 Å². The lowest BCUT2D eigenvalue weighted by atomic mass is 9.79. The van der Waals surface area contributed by atoms with Crippen LogP contribution in [0, 0.1) is 6.92 Å². The summed E-state index contributed by atoms with van der Waals surface area (Å²) in [5.74, 6) is 0. The monoisotopic (exact) mass is 844 g/mol. The van der Waals surface area contributed by atoms with Gasteiger partial charge in [0.25, 0.3) is 0 Å². The van der Waals surface area contributed by atoms with E-state index < -0.39 is 0 Å². The first-order chi connectivity index (χ1) is 31.8. The van der Waals surface area contributed by atoms with Crippen LogP contribution in [-0.2, 0) is 16.2 Å². The Morgan fingerprint density at radius 1 is 0.227 bits per heavy atom. The summed E-state index contributed by atoms with van der Waals surface area (Å²) in [4.78, 5) is 0. The van der Waals surface area contributed by atoms with Crippen LogP contribution in [-0.4, -0.2) is 0 Å². The molecule has 0 saturated heterocycles. The molecule has 13 rings (SSSR count). The van der Waals surface area contributed by atoms with Crippen LogP contribution in [0.3, 0.4) is 0 Å². The topological polar surface area (TPSA) is 0 Å². The Balaban J connectivity index is 0.797. The molecular formula is C66H52. The molecule has 3 aliphatic carbocycles. The molecule has 0 fully saturated rings. The van der Waals surface area contributed by atoms with Crippen molar-refractivity contribution in [2.45, 2.75) is 64.7 Å². The molecule has 0 heteroatoms. The van der Waals surface area contributed by atoms with Crippen LogP contribution in [0.1, 0.15) is 80.5 Å². The molecule has 0 atom stereocenters. The van der Waals surface area contributed by atoms with E-state index in [1.165, 1.54) is 138 Å². The first kappa shape index (κ1) is 39.1. The first-order valence-electron chi connectivity index (χ1n) is 23.7. The molecular weight excluding hydrogens is 793 g/mol. The Labute approximate surface area is 389 Å². The number of hydrogen-bond acceptors (Lipinski definition) is 0. The van der Waals surface area contributed by atoms with Gasteiger partial charge in [0.1, 0.15) is 0 Å². The van der Waals surface area contributed by atoms with Crippen LogP contribution in [0.2, 0.25) is 0 Å². The molecule has 0 spiro atoms. The summed E-state index contributed by atoms with van der Waals surface area (Å²) in [6.07, 6.45) is 0. The second kappa shape index (κ2) is 13.6. The van der Waals surface area contributed by atoms with Gasteiger partial charge < -0.3 is 0 Å². The van der Waals surface area contributed by atoms with Gasteiger partial charge in [-0.3, -0.25) is 0 Å². The summed E-state index contributed by atoms with van der Waals surface area (Å²) >= 11 is 0. The van der Waals surface area contributed by atoms with Gasteiger partial charge in [-0.15, -0.1) is 0 Å². The SMILES string of the molecule is Cc1ccc2cc(-c3ccc4c(c3)C(C)(C)c3cc(-c5ccc6c(c5)C(C)(C)c5cc(-c7ccc8c(c7)C(C)(C)c7cc(-c9ccc%10ccccc%10c9)ccc7-8)ccc5-6)ccc3-4)ccc2c1. The molecule has 0 N–H and O–H groups in total. The van der Waals surface area contributed by atoms with Gasteiger partial charge in [0, 0.05) is 16.2 Å². The lowest BCUT2D eigenvalue weighted by Crippen LogP contribution is -2.16. The molecule has 10 aromatic rings. The lowest BCUT2D eigenvalue weighted by molar-refractivity contribution is 0.659. The van der Waals surface area contributed by atoms with E-state index in [9.17, 15) is 0 Å². The standard InChI is InChI=1S/C66H52/c1-39-12-13-43-32-45(17-16-42(43)30-39)47-19-25-53-55-27-21-49(36-61(55)65(4,5)59(53)34-47)51-23-29-57-56-28-22-50(37-62(56)66(6,7)63(57)38-51)48-20-26-54-52-24-18-46(33-58(52)64(2,3)60(54)35-48)44-15-14-40-10-8-9-11-41(40)31-44/h8-38H,1-7H3. The minimum absolute atomic E-state index is 0.119. The number of aryl methyl sites for hydroxylation is 1. The molecule has 316 valence electrons. The lowest BCUT2D eigenvalue weighted by Gasteiger charge is -2.24. The van der Waals surface area contributed by atoms with E-state index in [0.29, 0.717) is 0 Å². The molecule has 0 saturated carbocycles. The fourth-order valence-corrected chi connectivity index (χ4v) is 12.2. The Morgan fingerprint density at radius 2 is 0.470 bits per heavy atom. The molecule has 66 heavy (non-hydrogen) atoms. The van der Waals surface area contributed by atoms with Crippen molar-refractivity contribution < 1.29 is 0 Å². The molecule has 0 aliphatic heterocycles. The number of hydrogen-bond donors (Lipinski definition) is 0. The number of fused-ring (bicyclic) bond motifs is 11. The highest BCUT2D eigenvalue weighted by molar-refractivity contribution is 5.93. The Morgan fingerprint density at radius 3 is 0.818 bits per heavy atom. The first-order valence-corrected chi connectivity index (χ1v) is 23.7. The van der Waals surface area contributed by atoms with Crippen molar-refractivity contribution in [2.24, 2.45) is 0 Å². The highest BCUT2D eigenvalue weighted by Gasteiger charge is 2.39. The van der Waals surface area contributed by atoms with Crippen LogP contribution in [0.15, 0.2) is 188 Å². The van der Waals surface area contributed by atoms with E-state index in [1.54, 1.807) is 0 Å². The Hall–Kier alpha value is -7.28. The third-order valence-electron chi connectivity index (χ3n) is 16.1. The van der Waals surface area contributed by atoms with E-state index in [2.05, 4.69) is 237 Å². The predicted molar refractivity (Wildman–Crippen MR) is 281 cm³/mol. The van der Waals surface area contributed by atoms with E-state index in [-0.39, 0.29) is 16.2 Å². The predicted octanol–water partition coefficient (Wildman–Crippen LogP) is 17.9. The Bertz CT molecular complexity index is 3740. The summed E-state index contributed by atoms with van der Waals surface area (Å²) in [7, 11) is 0. The molecule has 0 unspecified atom stereocenters. The highest BCUT2D eigenvalue weighted by atomic mass is 14.4. The van der Waals surface area contributed by atoms with Crippen molar-refractivity contribution in [1.82, 2.24) is 0 Å². The maximum atomic E-state index is 2.48. The average molecular weight is 845 g/mol. The second-order valence-electron chi connectivity index (χ2n) is 21.1. The number of benzene rings is 10. The second-order valence-corrected chi connectivity index (χ2v) is 21.1. The molecule has 0 bridgehead atoms. The zero-order valence-corrected chi connectivity index (χ0v) is 38.9. The van der Waals surface area contributed by atoms with Crippen molar-refractivity contribution >= 4 is 21.5 Å². The fraction of sp³-hybridized carbons (Fsp3) is 0.152. The molecule has 10 aromatic carbocycles. The summed E-state index contributed by atoms with van der Waals surface area (Å²) in [6, 6.07) is 72.1.